The van der Waals surface area contributed by atoms with Gasteiger partial charge in [0, 0.05) is 43.0 Å². The number of H-pyrrole nitrogens is 1. The zero-order valence-corrected chi connectivity index (χ0v) is 19.8. The summed E-state index contributed by atoms with van der Waals surface area (Å²) in [4.78, 5) is 3.47. The molecule has 1 aliphatic rings. The van der Waals surface area contributed by atoms with E-state index in [4.69, 9.17) is 0 Å². The second-order valence-electron chi connectivity index (χ2n) is 4.02. The molecule has 4 unspecified atom stereocenters. The van der Waals surface area contributed by atoms with Gasteiger partial charge >= 0.3 is 28.5 Å². The van der Waals surface area contributed by atoms with Gasteiger partial charge in [-0.15, -0.1) is 8.96 Å². The first-order valence-electron chi connectivity index (χ1n) is 6.41. The monoisotopic (exact) mass is 558 g/mol. The van der Waals surface area contributed by atoms with Gasteiger partial charge in [-0.2, -0.15) is 44.3 Å². The first kappa shape index (κ1) is 27.6. The first-order valence-corrected chi connectivity index (χ1v) is 12.9. The number of aromatic nitrogens is 3. The lowest BCUT2D eigenvalue weighted by Gasteiger charge is -2.34. The van der Waals surface area contributed by atoms with E-state index in [0.717, 1.165) is 21.3 Å². The van der Waals surface area contributed by atoms with Crippen LogP contribution in [0.15, 0.2) is 4.52 Å². The molecule has 0 aliphatic carbocycles. The third-order valence-electron chi connectivity index (χ3n) is 2.37. The van der Waals surface area contributed by atoms with E-state index in [1.165, 1.54) is 0 Å². The van der Waals surface area contributed by atoms with Gasteiger partial charge in [-0.05, 0) is 4.66 Å². The Bertz CT molecular complexity index is 699. The Morgan fingerprint density at radius 3 is 2.10 bits per heavy atom. The van der Waals surface area contributed by atoms with Crippen molar-refractivity contribution in [3.05, 3.63) is 0 Å². The fraction of sp³-hybridized carbons (Fsp3) is 1.00. The van der Waals surface area contributed by atoms with Crippen molar-refractivity contribution in [2.75, 3.05) is 21.3 Å². The molecule has 2 heterocycles. The van der Waals surface area contributed by atoms with Gasteiger partial charge in [0.1, 0.15) is 0 Å². The number of nitrogens with one attached hydrogen (secondary N) is 1. The molecule has 0 bridgehead atoms. The topological polar surface area (TPSA) is 89.4 Å². The van der Waals surface area contributed by atoms with Crippen LogP contribution >= 0.6 is 50.2 Å². The summed E-state index contributed by atoms with van der Waals surface area (Å²) in [5.41, 5.74) is 0. The predicted octanol–water partition coefficient (Wildman–Crippen LogP) is 6.24. The molecule has 1 aliphatic heterocycles. The van der Waals surface area contributed by atoms with Gasteiger partial charge in [-0.1, -0.05) is 0 Å². The number of hydrogen-bond donors (Lipinski definition) is 1. The maximum Gasteiger partial charge on any atom is 0.485 e. The quantitative estimate of drug-likeness (QED) is 0.260. The van der Waals surface area contributed by atoms with E-state index in [1.54, 1.807) is 0 Å². The highest BCUT2D eigenvalue weighted by molar-refractivity contribution is 7.77. The Labute approximate surface area is 165 Å². The normalized spacial score (nSPS) is 24.0. The Morgan fingerprint density at radius 2 is 1.69 bits per heavy atom. The van der Waals surface area contributed by atoms with Crippen LogP contribution in [0.2, 0.25) is 0 Å². The Balaban J connectivity index is 0.000000291. The molecule has 0 saturated carbocycles. The molecule has 24 heteroatoms. The molecule has 0 radical (unpaired) electrons. The number of nitrogens with zero attached hydrogens (tertiary/aromatic N) is 5. The fourth-order valence-corrected chi connectivity index (χ4v) is 10.2. The van der Waals surface area contributed by atoms with Crippen molar-refractivity contribution in [1.82, 2.24) is 22.6 Å². The van der Waals surface area contributed by atoms with Gasteiger partial charge in [-0.3, -0.25) is 0 Å². The van der Waals surface area contributed by atoms with Gasteiger partial charge < -0.3 is 18.1 Å². The van der Waals surface area contributed by atoms with Gasteiger partial charge in [0.2, 0.25) is 0 Å². The van der Waals surface area contributed by atoms with E-state index >= 15 is 0 Å². The molecular weight excluding hydrogens is 546 g/mol. The van der Waals surface area contributed by atoms with Crippen LogP contribution in [0.25, 0.3) is 0 Å². The smallest absolute Gasteiger partial charge is 0.327 e. The van der Waals surface area contributed by atoms with Crippen LogP contribution in [-0.4, -0.2) is 56.2 Å². The zero-order chi connectivity index (χ0) is 22.5. The molecule has 1 aromatic rings. The fourth-order valence-electron chi connectivity index (χ4n) is 1.15. The number of aromatic amines is 1. The summed E-state index contributed by atoms with van der Waals surface area (Å²) in [6, 6.07) is 0. The van der Waals surface area contributed by atoms with Crippen molar-refractivity contribution in [1.29, 1.82) is 0 Å². The first-order chi connectivity index (χ1) is 13.3. The Morgan fingerprint density at radius 1 is 1.10 bits per heavy atom. The number of rotatable bonds is 5. The standard InChI is InChI=1S/C3H9F3N3O3P3.C2H3F5N3OP3/c1-10-14-7-15(11-2,12-3)9(5)13(6)8(14)4;3-1(4,5)2(6,7)11-10-13-8-12-9-14-10/h1-3H3;8,12-13H. The molecule has 0 amide bonds. The number of alkyl halides is 5. The largest absolute Gasteiger partial charge is 0.485 e. The predicted molar refractivity (Wildman–Crippen MR) is 94.5 cm³/mol. The van der Waals surface area contributed by atoms with Crippen LogP contribution in [0.5, 0.6) is 0 Å². The SMILES string of the molecule is COP1N=P(OC)(OC)N(F)P(F)N1F.FC(F)(F)C(F)(F)On1pn[pH][nH][pH]1. The summed E-state index contributed by atoms with van der Waals surface area (Å²) in [6.07, 6.45) is -10.9. The second kappa shape index (κ2) is 11.5. The molecule has 1 N–H and O–H groups in total. The van der Waals surface area contributed by atoms with E-state index in [-0.39, 0.29) is 17.0 Å². The van der Waals surface area contributed by atoms with Crippen molar-refractivity contribution in [2.24, 2.45) is 4.52 Å². The van der Waals surface area contributed by atoms with E-state index in [9.17, 15) is 35.1 Å². The molecule has 172 valence electrons. The molecular formula is C5H12F8N6O4P6. The van der Waals surface area contributed by atoms with Gasteiger partial charge in [0.25, 0.3) is 8.45 Å². The van der Waals surface area contributed by atoms with Crippen molar-refractivity contribution >= 4 is 50.2 Å². The average molecular weight is 558 g/mol. The van der Waals surface area contributed by atoms with E-state index in [1.807, 2.05) is 0 Å². The average Bonchev–Trinajstić information content (AvgIpc) is 2.67. The summed E-state index contributed by atoms with van der Waals surface area (Å²) in [6.45, 7) is 0. The molecule has 29 heavy (non-hydrogen) atoms. The molecule has 0 aromatic carbocycles. The van der Waals surface area contributed by atoms with Crippen LogP contribution in [0, 0.1) is 0 Å². The van der Waals surface area contributed by atoms with Crippen LogP contribution in [-0.2, 0) is 13.6 Å². The van der Waals surface area contributed by atoms with E-state index < -0.39 is 54.8 Å². The highest BCUT2D eigenvalue weighted by Gasteiger charge is 2.61. The summed E-state index contributed by atoms with van der Waals surface area (Å²) < 4.78 is 122. The minimum absolute atomic E-state index is 0.0120. The van der Waals surface area contributed by atoms with Crippen LogP contribution in [0.3, 0.4) is 0 Å². The lowest BCUT2D eigenvalue weighted by Crippen LogP contribution is -2.44. The van der Waals surface area contributed by atoms with Gasteiger partial charge in [0.15, 0.2) is 8.51 Å². The van der Waals surface area contributed by atoms with E-state index in [0.29, 0.717) is 4.26 Å². The molecule has 0 fully saturated rings. The van der Waals surface area contributed by atoms with Gasteiger partial charge in [-0.25, -0.2) is 0 Å². The Hall–Kier alpha value is 0.590. The van der Waals surface area contributed by atoms with Gasteiger partial charge in [0.05, 0.1) is 0 Å². The van der Waals surface area contributed by atoms with Crippen LogP contribution in [0.1, 0.15) is 0 Å². The van der Waals surface area contributed by atoms with Crippen molar-refractivity contribution in [3.63, 3.8) is 0 Å². The number of hydrogen-bond acceptors (Lipinski definition) is 8. The van der Waals surface area contributed by atoms with Crippen molar-refractivity contribution < 1.29 is 53.5 Å². The summed E-state index contributed by atoms with van der Waals surface area (Å²) in [7, 11) is -6.28. The maximum atomic E-state index is 13.3. The van der Waals surface area contributed by atoms with Crippen LogP contribution in [0.4, 0.5) is 35.1 Å². The molecule has 2 rings (SSSR count). The summed E-state index contributed by atoms with van der Waals surface area (Å²) >= 11 is 0. The molecule has 1 aromatic heterocycles. The third-order valence-corrected chi connectivity index (χ3v) is 11.2. The third kappa shape index (κ3) is 7.04. The summed E-state index contributed by atoms with van der Waals surface area (Å²) in [5, 5.41) is 0. The maximum absolute atomic E-state index is 13.3. The molecule has 0 spiro atoms. The molecule has 0 saturated heterocycles. The minimum atomic E-state index is -5.72. The van der Waals surface area contributed by atoms with Crippen molar-refractivity contribution in [2.45, 2.75) is 12.3 Å². The lowest BCUT2D eigenvalue weighted by atomic mass is 10.6. The number of halogens is 8. The minimum Gasteiger partial charge on any atom is -0.327 e. The summed E-state index contributed by atoms with van der Waals surface area (Å²) in [5.74, 6) is 0. The molecule has 10 nitrogen and oxygen atoms in total. The van der Waals surface area contributed by atoms with Crippen LogP contribution < -0.4 is 4.84 Å². The highest BCUT2D eigenvalue weighted by Crippen LogP contribution is 2.79. The Kier molecular flexibility index (Phi) is 10.9. The lowest BCUT2D eigenvalue weighted by molar-refractivity contribution is -0.383. The zero-order valence-electron chi connectivity index (χ0n) is 14.2. The second-order valence-corrected chi connectivity index (χ2v) is 13.4. The highest BCUT2D eigenvalue weighted by atomic mass is 31.3. The van der Waals surface area contributed by atoms with E-state index in [2.05, 4.69) is 31.9 Å². The van der Waals surface area contributed by atoms with Crippen molar-refractivity contribution in [3.8, 4) is 0 Å². The molecule has 4 atom stereocenters.